The van der Waals surface area contributed by atoms with Crippen molar-refractivity contribution in [2.75, 3.05) is 31.1 Å². The molecular formula is C23H23IN4O. The van der Waals surface area contributed by atoms with Gasteiger partial charge in [0.15, 0.2) is 5.82 Å². The average molecular weight is 498 g/mol. The maximum absolute atomic E-state index is 12.7. The quantitative estimate of drug-likeness (QED) is 0.505. The van der Waals surface area contributed by atoms with Crippen LogP contribution in [0.15, 0.2) is 60.7 Å². The standard InChI is InChI=1S/C23H23IN4O/c1-2-17-3-5-18(6-4-17)21-11-12-22(26-25-21)27-13-15-28(16-14-27)23(29)19-7-9-20(24)10-8-19/h3-12H,2,13-16H2,1H3. The molecule has 0 N–H and O–H groups in total. The Morgan fingerprint density at radius 2 is 1.59 bits per heavy atom. The van der Waals surface area contributed by atoms with Crippen LogP contribution in [-0.2, 0) is 6.42 Å². The van der Waals surface area contributed by atoms with E-state index in [1.54, 1.807) is 0 Å². The smallest absolute Gasteiger partial charge is 0.253 e. The fraction of sp³-hybridized carbons (Fsp3) is 0.261. The average Bonchev–Trinajstić information content (AvgIpc) is 2.79. The fourth-order valence-electron chi connectivity index (χ4n) is 3.47. The number of piperazine rings is 1. The third-order valence-electron chi connectivity index (χ3n) is 5.29. The first-order chi connectivity index (χ1) is 14.1. The van der Waals surface area contributed by atoms with Crippen molar-refractivity contribution >= 4 is 34.3 Å². The van der Waals surface area contributed by atoms with Crippen molar-refractivity contribution in [3.8, 4) is 11.3 Å². The third-order valence-corrected chi connectivity index (χ3v) is 6.01. The number of halogens is 1. The molecule has 0 saturated carbocycles. The molecule has 0 unspecified atom stereocenters. The summed E-state index contributed by atoms with van der Waals surface area (Å²) in [7, 11) is 0. The molecule has 5 nitrogen and oxygen atoms in total. The summed E-state index contributed by atoms with van der Waals surface area (Å²) in [5, 5.41) is 8.85. The molecule has 29 heavy (non-hydrogen) atoms. The minimum absolute atomic E-state index is 0.0954. The minimum atomic E-state index is 0.0954. The molecule has 1 aliphatic rings. The highest BCUT2D eigenvalue weighted by atomic mass is 127. The molecule has 1 aromatic heterocycles. The van der Waals surface area contributed by atoms with Gasteiger partial charge in [-0.2, -0.15) is 0 Å². The van der Waals surface area contributed by atoms with Gasteiger partial charge in [0.1, 0.15) is 0 Å². The number of amides is 1. The molecule has 2 heterocycles. The van der Waals surface area contributed by atoms with E-state index in [0.717, 1.165) is 45.7 Å². The molecule has 6 heteroatoms. The molecule has 0 atom stereocenters. The van der Waals surface area contributed by atoms with Gasteiger partial charge in [-0.3, -0.25) is 4.79 Å². The van der Waals surface area contributed by atoms with Crippen molar-refractivity contribution in [2.24, 2.45) is 0 Å². The van der Waals surface area contributed by atoms with Crippen LogP contribution in [0.1, 0.15) is 22.8 Å². The Labute approximate surface area is 184 Å². The first-order valence-electron chi connectivity index (χ1n) is 9.87. The largest absolute Gasteiger partial charge is 0.352 e. The van der Waals surface area contributed by atoms with Gasteiger partial charge in [-0.15, -0.1) is 10.2 Å². The number of carbonyl (C=O) groups excluding carboxylic acids is 1. The van der Waals surface area contributed by atoms with Crippen molar-refractivity contribution in [3.05, 3.63) is 75.4 Å². The van der Waals surface area contributed by atoms with Gasteiger partial charge >= 0.3 is 0 Å². The maximum atomic E-state index is 12.7. The fourth-order valence-corrected chi connectivity index (χ4v) is 3.83. The van der Waals surface area contributed by atoms with Crippen LogP contribution in [0.25, 0.3) is 11.3 Å². The molecule has 3 aromatic rings. The molecule has 0 aliphatic carbocycles. The molecule has 0 radical (unpaired) electrons. The van der Waals surface area contributed by atoms with Crippen LogP contribution in [0.2, 0.25) is 0 Å². The second-order valence-corrected chi connectivity index (χ2v) is 8.36. The number of rotatable bonds is 4. The highest BCUT2D eigenvalue weighted by Gasteiger charge is 2.23. The van der Waals surface area contributed by atoms with E-state index in [0.29, 0.717) is 13.1 Å². The summed E-state index contributed by atoms with van der Waals surface area (Å²) in [6.45, 7) is 5.04. The van der Waals surface area contributed by atoms with Crippen LogP contribution in [0.4, 0.5) is 5.82 Å². The van der Waals surface area contributed by atoms with E-state index in [4.69, 9.17) is 0 Å². The van der Waals surface area contributed by atoms with Crippen LogP contribution >= 0.6 is 22.6 Å². The van der Waals surface area contributed by atoms with Gasteiger partial charge < -0.3 is 9.80 Å². The number of aryl methyl sites for hydroxylation is 1. The monoisotopic (exact) mass is 498 g/mol. The number of benzene rings is 2. The van der Waals surface area contributed by atoms with Crippen LogP contribution in [0, 0.1) is 3.57 Å². The van der Waals surface area contributed by atoms with Crippen molar-refractivity contribution in [3.63, 3.8) is 0 Å². The van der Waals surface area contributed by atoms with Crippen LogP contribution in [-0.4, -0.2) is 47.2 Å². The molecule has 4 rings (SSSR count). The zero-order chi connectivity index (χ0) is 20.2. The summed E-state index contributed by atoms with van der Waals surface area (Å²) < 4.78 is 1.13. The highest BCUT2D eigenvalue weighted by Crippen LogP contribution is 2.20. The maximum Gasteiger partial charge on any atom is 0.253 e. The molecule has 2 aromatic carbocycles. The predicted molar refractivity (Wildman–Crippen MR) is 124 cm³/mol. The van der Waals surface area contributed by atoms with Crippen molar-refractivity contribution in [2.45, 2.75) is 13.3 Å². The lowest BCUT2D eigenvalue weighted by atomic mass is 10.1. The lowest BCUT2D eigenvalue weighted by Crippen LogP contribution is -2.49. The Hall–Kier alpha value is -2.48. The molecule has 0 spiro atoms. The Morgan fingerprint density at radius 1 is 0.897 bits per heavy atom. The summed E-state index contributed by atoms with van der Waals surface area (Å²) in [5.74, 6) is 0.957. The molecule has 148 valence electrons. The molecular weight excluding hydrogens is 475 g/mol. The van der Waals surface area contributed by atoms with E-state index in [-0.39, 0.29) is 5.91 Å². The topological polar surface area (TPSA) is 49.3 Å². The van der Waals surface area contributed by atoms with E-state index in [1.165, 1.54) is 5.56 Å². The molecule has 1 aliphatic heterocycles. The van der Waals surface area contributed by atoms with Gasteiger partial charge in [0.2, 0.25) is 0 Å². The number of anilines is 1. The van der Waals surface area contributed by atoms with E-state index in [2.05, 4.69) is 68.9 Å². The lowest BCUT2D eigenvalue weighted by Gasteiger charge is -2.35. The van der Waals surface area contributed by atoms with Crippen molar-refractivity contribution in [1.82, 2.24) is 15.1 Å². The van der Waals surface area contributed by atoms with Crippen LogP contribution in [0.3, 0.4) is 0 Å². The third kappa shape index (κ3) is 4.58. The number of hydrogen-bond donors (Lipinski definition) is 0. The van der Waals surface area contributed by atoms with E-state index in [1.807, 2.05) is 41.3 Å². The van der Waals surface area contributed by atoms with Gasteiger partial charge in [-0.05, 0) is 71.0 Å². The first-order valence-corrected chi connectivity index (χ1v) is 10.9. The Balaban J connectivity index is 1.38. The van der Waals surface area contributed by atoms with E-state index in [9.17, 15) is 4.79 Å². The predicted octanol–water partition coefficient (Wildman–Crippen LogP) is 4.27. The normalized spacial score (nSPS) is 14.1. The Kier molecular flexibility index (Phi) is 6.08. The summed E-state index contributed by atoms with van der Waals surface area (Å²) in [6.07, 6.45) is 1.03. The van der Waals surface area contributed by atoms with Gasteiger partial charge in [0, 0.05) is 40.9 Å². The van der Waals surface area contributed by atoms with Crippen molar-refractivity contribution < 1.29 is 4.79 Å². The number of hydrogen-bond acceptors (Lipinski definition) is 4. The summed E-state index contributed by atoms with van der Waals surface area (Å²) >= 11 is 2.25. The zero-order valence-electron chi connectivity index (χ0n) is 16.4. The summed E-state index contributed by atoms with van der Waals surface area (Å²) in [5.41, 5.74) is 4.02. The Bertz CT molecular complexity index is 963. The summed E-state index contributed by atoms with van der Waals surface area (Å²) in [6, 6.07) is 20.2. The number of nitrogens with zero attached hydrogens (tertiary/aromatic N) is 4. The SMILES string of the molecule is CCc1ccc(-c2ccc(N3CCN(C(=O)c4ccc(I)cc4)CC3)nn2)cc1. The number of carbonyl (C=O) groups is 1. The second kappa shape index (κ2) is 8.90. The second-order valence-electron chi connectivity index (χ2n) is 7.11. The molecule has 1 fully saturated rings. The number of aromatic nitrogens is 2. The van der Waals surface area contributed by atoms with Crippen LogP contribution < -0.4 is 4.90 Å². The van der Waals surface area contributed by atoms with Crippen LogP contribution in [0.5, 0.6) is 0 Å². The van der Waals surface area contributed by atoms with Gasteiger partial charge in [-0.25, -0.2) is 0 Å². The molecule has 1 saturated heterocycles. The molecule has 1 amide bonds. The first kappa shape index (κ1) is 19.8. The molecule has 0 bridgehead atoms. The van der Waals surface area contributed by atoms with Gasteiger partial charge in [0.05, 0.1) is 5.69 Å². The Morgan fingerprint density at radius 3 is 2.17 bits per heavy atom. The minimum Gasteiger partial charge on any atom is -0.352 e. The van der Waals surface area contributed by atoms with Crippen molar-refractivity contribution in [1.29, 1.82) is 0 Å². The highest BCUT2D eigenvalue weighted by molar-refractivity contribution is 14.1. The summed E-state index contributed by atoms with van der Waals surface area (Å²) in [4.78, 5) is 16.8. The van der Waals surface area contributed by atoms with E-state index < -0.39 is 0 Å². The van der Waals surface area contributed by atoms with Gasteiger partial charge in [0.25, 0.3) is 5.91 Å². The zero-order valence-corrected chi connectivity index (χ0v) is 18.5. The lowest BCUT2D eigenvalue weighted by molar-refractivity contribution is 0.0746. The van der Waals surface area contributed by atoms with Gasteiger partial charge in [-0.1, -0.05) is 31.2 Å². The van der Waals surface area contributed by atoms with E-state index >= 15 is 0 Å².